The van der Waals surface area contributed by atoms with E-state index in [-0.39, 0.29) is 11.9 Å². The van der Waals surface area contributed by atoms with Crippen molar-refractivity contribution in [2.45, 2.75) is 69.9 Å². The summed E-state index contributed by atoms with van der Waals surface area (Å²) in [4.78, 5) is 24.7. The Morgan fingerprint density at radius 3 is 2.80 bits per heavy atom. The van der Waals surface area contributed by atoms with Gasteiger partial charge in [0.1, 0.15) is 15.7 Å². The number of nitrogens with one attached hydrogen (secondary N) is 1. The lowest BCUT2D eigenvalue weighted by molar-refractivity contribution is -0.119. The third kappa shape index (κ3) is 5.03. The molecule has 0 fully saturated rings. The quantitative estimate of drug-likeness (QED) is 0.379. The average molecular weight is 440 g/mol. The Morgan fingerprint density at radius 2 is 2.00 bits per heavy atom. The Morgan fingerprint density at radius 1 is 1.20 bits per heavy atom. The molecule has 158 valence electrons. The molecule has 0 aliphatic heterocycles. The van der Waals surface area contributed by atoms with Crippen LogP contribution in [0.25, 0.3) is 10.2 Å². The Bertz CT molecular complexity index is 1020. The lowest BCUT2D eigenvalue weighted by atomic mass is 9.97. The van der Waals surface area contributed by atoms with Crippen LogP contribution in [0.3, 0.4) is 0 Å². The molecule has 1 atom stereocenters. The van der Waals surface area contributed by atoms with Crippen LogP contribution in [-0.4, -0.2) is 27.7 Å². The van der Waals surface area contributed by atoms with Gasteiger partial charge in [-0.25, -0.2) is 9.97 Å². The Hall–Kier alpha value is -1.92. The van der Waals surface area contributed by atoms with E-state index in [0.29, 0.717) is 5.75 Å². The minimum absolute atomic E-state index is 0.0782. The summed E-state index contributed by atoms with van der Waals surface area (Å²) in [6, 6.07) is 10.6. The normalized spacial score (nSPS) is 14.5. The third-order valence-electron chi connectivity index (χ3n) is 5.60. The summed E-state index contributed by atoms with van der Waals surface area (Å²) >= 11 is 3.39. The van der Waals surface area contributed by atoms with Gasteiger partial charge in [0.25, 0.3) is 0 Å². The van der Waals surface area contributed by atoms with Crippen LogP contribution in [0.2, 0.25) is 0 Å². The van der Waals surface area contributed by atoms with E-state index in [1.807, 2.05) is 17.4 Å². The van der Waals surface area contributed by atoms with E-state index in [0.717, 1.165) is 47.8 Å². The van der Waals surface area contributed by atoms with Crippen molar-refractivity contribution in [1.29, 1.82) is 0 Å². The number of thiophene rings is 1. The van der Waals surface area contributed by atoms with Crippen molar-refractivity contribution >= 4 is 39.2 Å². The molecule has 0 saturated carbocycles. The zero-order chi connectivity index (χ0) is 20.9. The first-order chi connectivity index (χ1) is 14.6. The molecule has 4 rings (SSSR count). The van der Waals surface area contributed by atoms with Crippen LogP contribution in [-0.2, 0) is 30.5 Å². The molecule has 2 heterocycles. The summed E-state index contributed by atoms with van der Waals surface area (Å²) in [5.41, 5.74) is 2.74. The van der Waals surface area contributed by atoms with Gasteiger partial charge in [0.15, 0.2) is 0 Å². The minimum Gasteiger partial charge on any atom is -0.353 e. The first-order valence-corrected chi connectivity index (χ1v) is 12.7. The molecule has 1 aromatic carbocycles. The van der Waals surface area contributed by atoms with Gasteiger partial charge in [0.05, 0.1) is 5.75 Å². The molecule has 2 aromatic heterocycles. The van der Waals surface area contributed by atoms with Gasteiger partial charge in [-0.1, -0.05) is 49.0 Å². The first kappa shape index (κ1) is 21.3. The zero-order valence-electron chi connectivity index (χ0n) is 17.7. The van der Waals surface area contributed by atoms with E-state index < -0.39 is 0 Å². The lowest BCUT2D eigenvalue weighted by Gasteiger charge is -2.14. The van der Waals surface area contributed by atoms with Crippen molar-refractivity contribution in [3.05, 3.63) is 52.2 Å². The molecule has 0 saturated heterocycles. The highest BCUT2D eigenvalue weighted by molar-refractivity contribution is 8.00. The van der Waals surface area contributed by atoms with Crippen LogP contribution >= 0.6 is 23.1 Å². The number of aromatic nitrogens is 2. The summed E-state index contributed by atoms with van der Waals surface area (Å²) in [6.45, 7) is 4.17. The molecule has 4 nitrogen and oxygen atoms in total. The summed E-state index contributed by atoms with van der Waals surface area (Å²) in [6.07, 6.45) is 7.49. The molecular weight excluding hydrogens is 410 g/mol. The molecule has 3 aromatic rings. The monoisotopic (exact) mass is 439 g/mol. The standard InChI is InChI=1S/C24H29N3OS2/c1-3-20-26-23(22-18-11-7-8-12-19(18)30-24(22)27-20)29-15-21(28)25-16(2)13-14-17-9-5-4-6-10-17/h4-6,9-10,16H,3,7-8,11-15H2,1-2H3,(H,25,28). The second-order valence-corrected chi connectivity index (χ2v) is 10.0. The van der Waals surface area contributed by atoms with Gasteiger partial charge in [-0.15, -0.1) is 11.3 Å². The maximum absolute atomic E-state index is 12.6. The Balaban J connectivity index is 1.40. The molecule has 0 radical (unpaired) electrons. The van der Waals surface area contributed by atoms with Crippen LogP contribution in [0.5, 0.6) is 0 Å². The summed E-state index contributed by atoms with van der Waals surface area (Å²) in [5.74, 6) is 1.35. The SMILES string of the molecule is CCc1nc(SCC(=O)NC(C)CCc2ccccc2)c2c3c(sc2n1)CCCC3. The van der Waals surface area contributed by atoms with E-state index in [2.05, 4.69) is 43.4 Å². The fraction of sp³-hybridized carbons (Fsp3) is 0.458. The van der Waals surface area contributed by atoms with E-state index in [1.54, 1.807) is 11.8 Å². The number of amides is 1. The molecule has 1 aliphatic carbocycles. The Labute approximate surface area is 186 Å². The number of hydrogen-bond donors (Lipinski definition) is 1. The highest BCUT2D eigenvalue weighted by Gasteiger charge is 2.21. The average Bonchev–Trinajstić information content (AvgIpc) is 3.15. The molecule has 6 heteroatoms. The second-order valence-electron chi connectivity index (χ2n) is 7.97. The van der Waals surface area contributed by atoms with E-state index >= 15 is 0 Å². The summed E-state index contributed by atoms with van der Waals surface area (Å²) in [5, 5.41) is 5.35. The predicted molar refractivity (Wildman–Crippen MR) is 127 cm³/mol. The van der Waals surface area contributed by atoms with Gasteiger partial charge in [-0.2, -0.15) is 0 Å². The Kier molecular flexibility index (Phi) is 7.05. The van der Waals surface area contributed by atoms with Crippen LogP contribution in [0.15, 0.2) is 35.4 Å². The number of fused-ring (bicyclic) bond motifs is 3. The number of hydrogen-bond acceptors (Lipinski definition) is 5. The molecule has 1 unspecified atom stereocenters. The van der Waals surface area contributed by atoms with Crippen LogP contribution in [0.1, 0.15) is 54.9 Å². The molecule has 0 spiro atoms. The molecule has 1 N–H and O–H groups in total. The highest BCUT2D eigenvalue weighted by Crippen LogP contribution is 2.39. The van der Waals surface area contributed by atoms with Crippen molar-refractivity contribution in [1.82, 2.24) is 15.3 Å². The number of rotatable bonds is 8. The van der Waals surface area contributed by atoms with Gasteiger partial charge in [0, 0.05) is 22.7 Å². The third-order valence-corrected chi connectivity index (χ3v) is 7.76. The van der Waals surface area contributed by atoms with Crippen molar-refractivity contribution in [2.75, 3.05) is 5.75 Å². The van der Waals surface area contributed by atoms with Gasteiger partial charge >= 0.3 is 0 Å². The van der Waals surface area contributed by atoms with E-state index in [9.17, 15) is 4.79 Å². The largest absolute Gasteiger partial charge is 0.353 e. The van der Waals surface area contributed by atoms with Crippen molar-refractivity contribution < 1.29 is 4.79 Å². The molecule has 1 amide bonds. The smallest absolute Gasteiger partial charge is 0.230 e. The van der Waals surface area contributed by atoms with Gasteiger partial charge in [-0.3, -0.25) is 4.79 Å². The number of nitrogens with zero attached hydrogens (tertiary/aromatic N) is 2. The number of benzene rings is 1. The van der Waals surface area contributed by atoms with E-state index in [1.165, 1.54) is 34.2 Å². The van der Waals surface area contributed by atoms with Crippen LogP contribution in [0.4, 0.5) is 0 Å². The molecular formula is C24H29N3OS2. The van der Waals surface area contributed by atoms with Crippen LogP contribution < -0.4 is 5.32 Å². The number of carbonyl (C=O) groups excluding carboxylic acids is 1. The number of thioether (sulfide) groups is 1. The predicted octanol–water partition coefficient (Wildman–Crippen LogP) is 5.36. The second kappa shape index (κ2) is 9.92. The van der Waals surface area contributed by atoms with E-state index in [4.69, 9.17) is 9.97 Å². The lowest BCUT2D eigenvalue weighted by Crippen LogP contribution is -2.34. The summed E-state index contributed by atoms with van der Waals surface area (Å²) in [7, 11) is 0. The maximum Gasteiger partial charge on any atom is 0.230 e. The number of carbonyl (C=O) groups is 1. The van der Waals surface area contributed by atoms with Gasteiger partial charge in [-0.05, 0) is 56.6 Å². The van der Waals surface area contributed by atoms with Gasteiger partial charge in [0.2, 0.25) is 5.91 Å². The molecule has 1 aliphatic rings. The minimum atomic E-state index is 0.0782. The molecule has 0 bridgehead atoms. The van der Waals surface area contributed by atoms with Crippen molar-refractivity contribution in [2.24, 2.45) is 0 Å². The highest BCUT2D eigenvalue weighted by atomic mass is 32.2. The van der Waals surface area contributed by atoms with Crippen LogP contribution in [0, 0.1) is 0 Å². The topological polar surface area (TPSA) is 54.9 Å². The zero-order valence-corrected chi connectivity index (χ0v) is 19.4. The summed E-state index contributed by atoms with van der Waals surface area (Å²) < 4.78 is 0. The fourth-order valence-electron chi connectivity index (χ4n) is 3.98. The van der Waals surface area contributed by atoms with Crippen molar-refractivity contribution in [3.63, 3.8) is 0 Å². The fourth-order valence-corrected chi connectivity index (χ4v) is 6.21. The van der Waals surface area contributed by atoms with Gasteiger partial charge < -0.3 is 5.32 Å². The number of aryl methyl sites for hydroxylation is 4. The molecule has 30 heavy (non-hydrogen) atoms. The van der Waals surface area contributed by atoms with Crippen molar-refractivity contribution in [3.8, 4) is 0 Å². The maximum atomic E-state index is 12.6. The first-order valence-electron chi connectivity index (χ1n) is 10.9.